The maximum absolute atomic E-state index is 11.9. The molecule has 0 amide bonds. The Morgan fingerprint density at radius 1 is 1.29 bits per heavy atom. The number of hydrogen-bond donors (Lipinski definition) is 0. The van der Waals surface area contributed by atoms with Crippen LogP contribution in [0.15, 0.2) is 24.3 Å². The van der Waals surface area contributed by atoms with E-state index in [0.717, 1.165) is 11.1 Å². The van der Waals surface area contributed by atoms with E-state index in [4.69, 9.17) is 14.2 Å². The largest absolute Gasteiger partial charge is 0.492 e. The zero-order valence-electron chi connectivity index (χ0n) is 12.1. The molecule has 0 saturated heterocycles. The van der Waals surface area contributed by atoms with Gasteiger partial charge in [0.15, 0.2) is 0 Å². The second-order valence-electron chi connectivity index (χ2n) is 4.50. The standard InChI is InChI=1S/C16H18O5/c1-3-19-15(17)8-6-11-5-7-14-12(9-11)13(10-21-14)16(18)20-4-2/h5-9,13H,3-4,10H2,1-2H3/b8-6+. The molecule has 5 nitrogen and oxygen atoms in total. The van der Waals surface area contributed by atoms with Gasteiger partial charge in [-0.05, 0) is 37.6 Å². The van der Waals surface area contributed by atoms with Crippen LogP contribution in [0.1, 0.15) is 30.9 Å². The molecule has 1 aliphatic heterocycles. The van der Waals surface area contributed by atoms with Gasteiger partial charge in [-0.1, -0.05) is 6.07 Å². The highest BCUT2D eigenvalue weighted by Gasteiger charge is 2.31. The number of hydrogen-bond acceptors (Lipinski definition) is 5. The first-order chi connectivity index (χ1) is 10.2. The first-order valence-electron chi connectivity index (χ1n) is 6.94. The summed E-state index contributed by atoms with van der Waals surface area (Å²) in [4.78, 5) is 23.2. The molecule has 0 saturated carbocycles. The molecule has 1 unspecified atom stereocenters. The van der Waals surface area contributed by atoms with Crippen LogP contribution >= 0.6 is 0 Å². The molecule has 1 aromatic carbocycles. The molecule has 0 radical (unpaired) electrons. The smallest absolute Gasteiger partial charge is 0.330 e. The molecule has 0 aliphatic carbocycles. The molecular formula is C16H18O5. The van der Waals surface area contributed by atoms with Crippen LogP contribution in [0, 0.1) is 0 Å². The van der Waals surface area contributed by atoms with Gasteiger partial charge in [0.1, 0.15) is 18.3 Å². The van der Waals surface area contributed by atoms with Crippen LogP contribution < -0.4 is 4.74 Å². The average Bonchev–Trinajstić information content (AvgIpc) is 2.89. The molecule has 1 atom stereocenters. The Labute approximate surface area is 123 Å². The summed E-state index contributed by atoms with van der Waals surface area (Å²) in [7, 11) is 0. The van der Waals surface area contributed by atoms with Crippen LogP contribution in [-0.4, -0.2) is 31.8 Å². The Kier molecular flexibility index (Phi) is 4.98. The molecule has 0 spiro atoms. The number of fused-ring (bicyclic) bond motifs is 1. The Morgan fingerprint density at radius 3 is 2.76 bits per heavy atom. The summed E-state index contributed by atoms with van der Waals surface area (Å²) in [6.45, 7) is 4.49. The molecule has 1 aliphatic rings. The quantitative estimate of drug-likeness (QED) is 0.615. The fourth-order valence-corrected chi connectivity index (χ4v) is 2.13. The van der Waals surface area contributed by atoms with Gasteiger partial charge >= 0.3 is 11.9 Å². The van der Waals surface area contributed by atoms with E-state index in [9.17, 15) is 9.59 Å². The van der Waals surface area contributed by atoms with Crippen LogP contribution in [0.2, 0.25) is 0 Å². The van der Waals surface area contributed by atoms with Gasteiger partial charge < -0.3 is 14.2 Å². The summed E-state index contributed by atoms with van der Waals surface area (Å²) in [6.07, 6.45) is 3.01. The maximum Gasteiger partial charge on any atom is 0.330 e. The second-order valence-corrected chi connectivity index (χ2v) is 4.50. The van der Waals surface area contributed by atoms with E-state index in [-0.39, 0.29) is 5.97 Å². The lowest BCUT2D eigenvalue weighted by atomic mass is 9.99. The lowest BCUT2D eigenvalue weighted by molar-refractivity contribution is -0.145. The molecule has 112 valence electrons. The summed E-state index contributed by atoms with van der Waals surface area (Å²) in [5, 5.41) is 0. The van der Waals surface area contributed by atoms with Crippen LogP contribution in [0.3, 0.4) is 0 Å². The highest BCUT2D eigenvalue weighted by atomic mass is 16.5. The minimum Gasteiger partial charge on any atom is -0.492 e. The van der Waals surface area contributed by atoms with Gasteiger partial charge in [-0.25, -0.2) is 4.79 Å². The third-order valence-electron chi connectivity index (χ3n) is 3.08. The molecule has 2 rings (SSSR count). The monoisotopic (exact) mass is 290 g/mol. The lowest BCUT2D eigenvalue weighted by Gasteiger charge is -2.08. The van der Waals surface area contributed by atoms with E-state index in [0.29, 0.717) is 25.6 Å². The van der Waals surface area contributed by atoms with E-state index >= 15 is 0 Å². The fraction of sp³-hybridized carbons (Fsp3) is 0.375. The minimum absolute atomic E-state index is 0.289. The third kappa shape index (κ3) is 3.62. The van der Waals surface area contributed by atoms with Crippen molar-refractivity contribution in [2.45, 2.75) is 19.8 Å². The van der Waals surface area contributed by atoms with Crippen LogP contribution in [0.25, 0.3) is 6.08 Å². The Hall–Kier alpha value is -2.30. The van der Waals surface area contributed by atoms with Crippen LogP contribution in [0.4, 0.5) is 0 Å². The zero-order chi connectivity index (χ0) is 15.2. The number of esters is 2. The normalized spacial score (nSPS) is 16.4. The maximum atomic E-state index is 11.9. The second kappa shape index (κ2) is 6.92. The van der Waals surface area contributed by atoms with Crippen molar-refractivity contribution in [2.75, 3.05) is 19.8 Å². The predicted octanol–water partition coefficient (Wildman–Crippen LogP) is 2.30. The van der Waals surface area contributed by atoms with Gasteiger partial charge in [0.25, 0.3) is 0 Å². The number of rotatable bonds is 5. The Morgan fingerprint density at radius 2 is 2.05 bits per heavy atom. The summed E-state index contributed by atoms with van der Waals surface area (Å²) in [5.74, 6) is -0.406. The van der Waals surface area contributed by atoms with E-state index in [1.165, 1.54) is 6.08 Å². The molecule has 0 aromatic heterocycles. The van der Waals surface area contributed by atoms with Crippen molar-refractivity contribution in [1.82, 2.24) is 0 Å². The van der Waals surface area contributed by atoms with E-state index in [1.54, 1.807) is 26.0 Å². The van der Waals surface area contributed by atoms with Crippen molar-refractivity contribution in [3.63, 3.8) is 0 Å². The highest BCUT2D eigenvalue weighted by molar-refractivity contribution is 5.87. The lowest BCUT2D eigenvalue weighted by Crippen LogP contribution is -2.17. The molecule has 21 heavy (non-hydrogen) atoms. The summed E-state index contributed by atoms with van der Waals surface area (Å²) in [6, 6.07) is 5.45. The molecule has 1 aromatic rings. The fourth-order valence-electron chi connectivity index (χ4n) is 2.13. The first-order valence-corrected chi connectivity index (χ1v) is 6.94. The first kappa shape index (κ1) is 15.1. The van der Waals surface area contributed by atoms with Crippen molar-refractivity contribution in [3.05, 3.63) is 35.4 Å². The Balaban J connectivity index is 2.16. The molecule has 0 bridgehead atoms. The number of ether oxygens (including phenoxy) is 3. The number of benzene rings is 1. The summed E-state index contributed by atoms with van der Waals surface area (Å²) >= 11 is 0. The van der Waals surface area contributed by atoms with Crippen molar-refractivity contribution in [3.8, 4) is 5.75 Å². The van der Waals surface area contributed by atoms with E-state index in [2.05, 4.69) is 0 Å². The SMILES string of the molecule is CCOC(=O)/C=C/c1ccc2c(c1)C(C(=O)OCC)CO2. The van der Waals surface area contributed by atoms with Crippen molar-refractivity contribution < 1.29 is 23.8 Å². The van der Waals surface area contributed by atoms with Crippen molar-refractivity contribution in [1.29, 1.82) is 0 Å². The number of carbonyl (C=O) groups is 2. The minimum atomic E-state index is -0.407. The Bertz CT molecular complexity index is 562. The van der Waals surface area contributed by atoms with Crippen LogP contribution in [-0.2, 0) is 19.1 Å². The van der Waals surface area contributed by atoms with Crippen molar-refractivity contribution in [2.24, 2.45) is 0 Å². The molecule has 5 heteroatoms. The third-order valence-corrected chi connectivity index (χ3v) is 3.08. The van der Waals surface area contributed by atoms with Gasteiger partial charge in [0.05, 0.1) is 13.2 Å². The predicted molar refractivity (Wildman–Crippen MR) is 77.0 cm³/mol. The summed E-state index contributed by atoms with van der Waals surface area (Å²) < 4.78 is 15.3. The van der Waals surface area contributed by atoms with E-state index < -0.39 is 11.9 Å². The van der Waals surface area contributed by atoms with Gasteiger partial charge in [-0.3, -0.25) is 4.79 Å². The molecule has 0 N–H and O–H groups in total. The average molecular weight is 290 g/mol. The van der Waals surface area contributed by atoms with E-state index in [1.807, 2.05) is 12.1 Å². The zero-order valence-corrected chi connectivity index (χ0v) is 12.1. The molecule has 0 fully saturated rings. The topological polar surface area (TPSA) is 61.8 Å². The van der Waals surface area contributed by atoms with Gasteiger partial charge in [0, 0.05) is 11.6 Å². The highest BCUT2D eigenvalue weighted by Crippen LogP contribution is 2.35. The van der Waals surface area contributed by atoms with Gasteiger partial charge in [-0.15, -0.1) is 0 Å². The van der Waals surface area contributed by atoms with Gasteiger partial charge in [-0.2, -0.15) is 0 Å². The number of carbonyl (C=O) groups excluding carboxylic acids is 2. The summed E-state index contributed by atoms with van der Waals surface area (Å²) in [5.41, 5.74) is 1.60. The van der Waals surface area contributed by atoms with Crippen LogP contribution in [0.5, 0.6) is 5.75 Å². The molecule has 1 heterocycles. The van der Waals surface area contributed by atoms with Crippen molar-refractivity contribution >= 4 is 18.0 Å². The molecular weight excluding hydrogens is 272 g/mol. The van der Waals surface area contributed by atoms with Gasteiger partial charge in [0.2, 0.25) is 0 Å².